The summed E-state index contributed by atoms with van der Waals surface area (Å²) in [6, 6.07) is 1.29. The van der Waals surface area contributed by atoms with E-state index < -0.39 is 5.95 Å². The van der Waals surface area contributed by atoms with Crippen molar-refractivity contribution in [3.63, 3.8) is 0 Å². The molecule has 0 saturated heterocycles. The molecule has 13 heavy (non-hydrogen) atoms. The van der Waals surface area contributed by atoms with Crippen LogP contribution < -0.4 is 5.32 Å². The third kappa shape index (κ3) is 3.84. The van der Waals surface area contributed by atoms with Gasteiger partial charge in [-0.15, -0.1) is 0 Å². The second kappa shape index (κ2) is 3.73. The van der Waals surface area contributed by atoms with Gasteiger partial charge in [0, 0.05) is 34.2 Å². The van der Waals surface area contributed by atoms with Crippen LogP contribution in [0.2, 0.25) is 0 Å². The van der Waals surface area contributed by atoms with Crippen LogP contribution in [0.15, 0.2) is 6.07 Å². The van der Waals surface area contributed by atoms with Crippen LogP contribution in [0.3, 0.4) is 0 Å². The lowest BCUT2D eigenvalue weighted by atomic mass is 10.1. The maximum atomic E-state index is 12.8. The molecule has 0 fully saturated rings. The van der Waals surface area contributed by atoms with Gasteiger partial charge in [0.05, 0.1) is 0 Å². The second-order valence-corrected chi connectivity index (χ2v) is 4.68. The zero-order chi connectivity index (χ0) is 10.1. The third-order valence-electron chi connectivity index (χ3n) is 1.17. The molecule has 0 radical (unpaired) electrons. The molecular weight excluding hydrogens is 284 g/mol. The van der Waals surface area contributed by atoms with Gasteiger partial charge in [0.15, 0.2) is 3.83 Å². The van der Waals surface area contributed by atoms with E-state index in [-0.39, 0.29) is 5.54 Å². The molecule has 1 rings (SSSR count). The van der Waals surface area contributed by atoms with Crippen LogP contribution in [0.25, 0.3) is 0 Å². The first-order chi connectivity index (χ1) is 5.87. The van der Waals surface area contributed by atoms with Gasteiger partial charge in [-0.05, 0) is 20.8 Å². The van der Waals surface area contributed by atoms with Gasteiger partial charge in [-0.3, -0.25) is 0 Å². The van der Waals surface area contributed by atoms with Gasteiger partial charge in [0.25, 0.3) is 0 Å². The molecule has 1 N–H and O–H groups in total. The summed E-state index contributed by atoms with van der Waals surface area (Å²) in [7, 11) is 0. The second-order valence-electron chi connectivity index (χ2n) is 3.72. The SMILES string of the molecule is CC(C)(C)Nc1cc(F)nc(I)n1. The molecule has 0 bridgehead atoms. The predicted octanol–water partition coefficient (Wildman–Crippen LogP) is 2.43. The van der Waals surface area contributed by atoms with Gasteiger partial charge in [0.2, 0.25) is 5.95 Å². The normalized spacial score (nSPS) is 11.5. The maximum absolute atomic E-state index is 12.8. The zero-order valence-corrected chi connectivity index (χ0v) is 9.89. The lowest BCUT2D eigenvalue weighted by molar-refractivity contribution is 0.571. The van der Waals surface area contributed by atoms with Gasteiger partial charge in [-0.1, -0.05) is 0 Å². The van der Waals surface area contributed by atoms with Crippen LogP contribution in [-0.4, -0.2) is 15.5 Å². The molecule has 5 heteroatoms. The largest absolute Gasteiger partial charge is 0.365 e. The van der Waals surface area contributed by atoms with E-state index in [0.29, 0.717) is 9.65 Å². The fourth-order valence-electron chi connectivity index (χ4n) is 0.838. The average Bonchev–Trinajstić information content (AvgIpc) is 1.78. The van der Waals surface area contributed by atoms with Crippen molar-refractivity contribution >= 4 is 28.4 Å². The first-order valence-electron chi connectivity index (χ1n) is 3.85. The van der Waals surface area contributed by atoms with Crippen LogP contribution in [0.4, 0.5) is 10.2 Å². The van der Waals surface area contributed by atoms with Crippen LogP contribution in [0.5, 0.6) is 0 Å². The quantitative estimate of drug-likeness (QED) is 0.491. The number of hydrogen-bond donors (Lipinski definition) is 1. The lowest BCUT2D eigenvalue weighted by Crippen LogP contribution is -2.27. The Labute approximate surface area is 90.3 Å². The maximum Gasteiger partial charge on any atom is 0.218 e. The van der Waals surface area contributed by atoms with Crippen molar-refractivity contribution in [3.8, 4) is 0 Å². The van der Waals surface area contributed by atoms with E-state index in [0.717, 1.165) is 0 Å². The lowest BCUT2D eigenvalue weighted by Gasteiger charge is -2.20. The Hall–Kier alpha value is -0.460. The van der Waals surface area contributed by atoms with Crippen molar-refractivity contribution in [2.45, 2.75) is 26.3 Å². The fourth-order valence-corrected chi connectivity index (χ4v) is 1.33. The summed E-state index contributed by atoms with van der Waals surface area (Å²) in [6.07, 6.45) is 0. The monoisotopic (exact) mass is 295 g/mol. The molecule has 1 heterocycles. The van der Waals surface area contributed by atoms with Crippen molar-refractivity contribution < 1.29 is 4.39 Å². The van der Waals surface area contributed by atoms with E-state index in [4.69, 9.17) is 0 Å². The van der Waals surface area contributed by atoms with Crippen LogP contribution >= 0.6 is 22.6 Å². The highest BCUT2D eigenvalue weighted by Gasteiger charge is 2.11. The summed E-state index contributed by atoms with van der Waals surface area (Å²) < 4.78 is 13.2. The molecule has 0 aromatic carbocycles. The molecular formula is C8H11FIN3. The molecule has 0 aliphatic carbocycles. The Morgan fingerprint density at radius 2 is 2.00 bits per heavy atom. The Bertz CT molecular complexity index is 288. The zero-order valence-electron chi connectivity index (χ0n) is 7.73. The van der Waals surface area contributed by atoms with Crippen molar-refractivity contribution in [1.82, 2.24) is 9.97 Å². The van der Waals surface area contributed by atoms with E-state index >= 15 is 0 Å². The highest BCUT2D eigenvalue weighted by Crippen LogP contribution is 2.13. The minimum absolute atomic E-state index is 0.121. The fraction of sp³-hybridized carbons (Fsp3) is 0.500. The summed E-state index contributed by atoms with van der Waals surface area (Å²) in [5, 5.41) is 3.07. The summed E-state index contributed by atoms with van der Waals surface area (Å²) in [4.78, 5) is 7.58. The Balaban J connectivity index is 2.90. The summed E-state index contributed by atoms with van der Waals surface area (Å²) in [5.41, 5.74) is -0.121. The highest BCUT2D eigenvalue weighted by molar-refractivity contribution is 14.1. The van der Waals surface area contributed by atoms with E-state index in [1.807, 2.05) is 43.4 Å². The van der Waals surface area contributed by atoms with Gasteiger partial charge in [-0.2, -0.15) is 9.37 Å². The Morgan fingerprint density at radius 1 is 1.38 bits per heavy atom. The molecule has 72 valence electrons. The molecule has 0 aliphatic rings. The van der Waals surface area contributed by atoms with E-state index in [2.05, 4.69) is 15.3 Å². The molecule has 0 saturated carbocycles. The molecule has 0 spiro atoms. The van der Waals surface area contributed by atoms with Crippen LogP contribution in [0, 0.1) is 9.78 Å². The molecule has 3 nitrogen and oxygen atoms in total. The van der Waals surface area contributed by atoms with Gasteiger partial charge in [0.1, 0.15) is 5.82 Å². The van der Waals surface area contributed by atoms with E-state index in [9.17, 15) is 4.39 Å². The minimum Gasteiger partial charge on any atom is -0.365 e. The highest BCUT2D eigenvalue weighted by atomic mass is 127. The van der Waals surface area contributed by atoms with E-state index in [1.54, 1.807) is 0 Å². The molecule has 1 aromatic heterocycles. The number of nitrogens with zero attached hydrogens (tertiary/aromatic N) is 2. The number of halogens is 2. The van der Waals surface area contributed by atoms with Crippen LogP contribution in [-0.2, 0) is 0 Å². The third-order valence-corrected chi connectivity index (χ3v) is 1.65. The molecule has 1 aromatic rings. The average molecular weight is 295 g/mol. The number of aromatic nitrogens is 2. The van der Waals surface area contributed by atoms with Crippen LogP contribution in [0.1, 0.15) is 20.8 Å². The Morgan fingerprint density at radius 3 is 2.46 bits per heavy atom. The van der Waals surface area contributed by atoms with Crippen molar-refractivity contribution in [2.24, 2.45) is 0 Å². The van der Waals surface area contributed by atoms with Crippen molar-refractivity contribution in [2.75, 3.05) is 5.32 Å². The van der Waals surface area contributed by atoms with Gasteiger partial charge < -0.3 is 5.32 Å². The molecule has 0 aliphatic heterocycles. The molecule has 0 unspecified atom stereocenters. The number of nitrogens with one attached hydrogen (secondary N) is 1. The van der Waals surface area contributed by atoms with E-state index in [1.165, 1.54) is 6.07 Å². The predicted molar refractivity (Wildman–Crippen MR) is 58.1 cm³/mol. The Kier molecular flexibility index (Phi) is 3.05. The van der Waals surface area contributed by atoms with Crippen molar-refractivity contribution in [3.05, 3.63) is 15.8 Å². The van der Waals surface area contributed by atoms with Gasteiger partial charge >= 0.3 is 0 Å². The summed E-state index contributed by atoms with van der Waals surface area (Å²) in [6.45, 7) is 5.96. The molecule has 0 atom stereocenters. The smallest absolute Gasteiger partial charge is 0.218 e. The summed E-state index contributed by atoms with van der Waals surface area (Å²) in [5.74, 6) is 0.00977. The molecule has 0 amide bonds. The van der Waals surface area contributed by atoms with Crippen molar-refractivity contribution in [1.29, 1.82) is 0 Å². The first kappa shape index (κ1) is 10.6. The first-order valence-corrected chi connectivity index (χ1v) is 4.93. The standard InChI is InChI=1S/C8H11FIN3/c1-8(2,3)13-6-4-5(9)11-7(10)12-6/h4H,1-3H3,(H,11,12,13). The minimum atomic E-state index is -0.508. The summed E-state index contributed by atoms with van der Waals surface area (Å²) >= 11 is 1.88. The topological polar surface area (TPSA) is 37.8 Å². The number of hydrogen-bond acceptors (Lipinski definition) is 3. The number of rotatable bonds is 1. The number of anilines is 1. The van der Waals surface area contributed by atoms with Gasteiger partial charge in [-0.25, -0.2) is 4.98 Å².